The van der Waals surface area contributed by atoms with Gasteiger partial charge in [-0.05, 0) is 30.3 Å². The largest absolute Gasteiger partial charge is 0.298 e. The van der Waals surface area contributed by atoms with Gasteiger partial charge in [-0.2, -0.15) is 0 Å². The molecule has 8 heteroatoms. The quantitative estimate of drug-likeness (QED) is 0.738. The highest BCUT2D eigenvalue weighted by Gasteiger charge is 2.14. The van der Waals surface area contributed by atoms with Crippen LogP contribution in [0.5, 0.6) is 0 Å². The lowest BCUT2D eigenvalue weighted by molar-refractivity contribution is 0.102. The molecule has 3 aromatic rings. The molecule has 3 nitrogen and oxygen atoms in total. The second kappa shape index (κ2) is 5.58. The van der Waals surface area contributed by atoms with Crippen LogP contribution in [-0.4, -0.2) is 10.9 Å². The number of anilines is 1. The molecule has 0 aliphatic heterocycles. The molecule has 22 heavy (non-hydrogen) atoms. The Kier molecular flexibility index (Phi) is 3.76. The van der Waals surface area contributed by atoms with Gasteiger partial charge in [0.05, 0.1) is 15.2 Å². The van der Waals surface area contributed by atoms with E-state index in [9.17, 15) is 18.0 Å². The number of benzene rings is 2. The zero-order valence-corrected chi connectivity index (χ0v) is 12.2. The minimum atomic E-state index is -1.12. The summed E-state index contributed by atoms with van der Waals surface area (Å²) < 4.78 is 39.7. The van der Waals surface area contributed by atoms with Crippen LogP contribution in [-0.2, 0) is 0 Å². The van der Waals surface area contributed by atoms with Crippen LogP contribution in [0, 0.1) is 17.5 Å². The summed E-state index contributed by atoms with van der Waals surface area (Å²) >= 11 is 6.81. The third-order valence-electron chi connectivity index (χ3n) is 2.85. The number of carbonyl (C=O) groups is 1. The van der Waals surface area contributed by atoms with Gasteiger partial charge in [0.1, 0.15) is 5.82 Å². The number of nitrogens with zero attached hydrogens (tertiary/aromatic N) is 1. The predicted molar refractivity (Wildman–Crippen MR) is 78.9 cm³/mol. The smallest absolute Gasteiger partial charge is 0.257 e. The monoisotopic (exact) mass is 342 g/mol. The molecule has 0 aliphatic carbocycles. The van der Waals surface area contributed by atoms with Crippen molar-refractivity contribution in [1.82, 2.24) is 4.98 Å². The highest BCUT2D eigenvalue weighted by molar-refractivity contribution is 7.23. The first kappa shape index (κ1) is 14.8. The number of nitrogens with one attached hydrogen (secondary N) is 1. The fourth-order valence-corrected chi connectivity index (χ4v) is 2.96. The number of halogens is 4. The SMILES string of the molecule is O=C(Nc1nc2ccc(F)c(Cl)c2s1)c1ccc(F)c(F)c1. The molecule has 0 bridgehead atoms. The molecule has 1 heterocycles. The average molecular weight is 343 g/mol. The first-order valence-corrected chi connectivity index (χ1v) is 7.16. The summed E-state index contributed by atoms with van der Waals surface area (Å²) in [5, 5.41) is 2.54. The van der Waals surface area contributed by atoms with Gasteiger partial charge in [0.15, 0.2) is 16.8 Å². The van der Waals surface area contributed by atoms with Gasteiger partial charge in [-0.3, -0.25) is 10.1 Å². The predicted octanol–water partition coefficient (Wildman–Crippen LogP) is 4.62. The molecular weight excluding hydrogens is 337 g/mol. The standard InChI is InChI=1S/C14H6ClF3N2OS/c15-11-8(17)3-4-10-12(11)22-14(19-10)20-13(21)6-1-2-7(16)9(18)5-6/h1-5H,(H,19,20,21). The number of rotatable bonds is 2. The summed E-state index contributed by atoms with van der Waals surface area (Å²) in [6.07, 6.45) is 0. The molecule has 0 atom stereocenters. The van der Waals surface area contributed by atoms with E-state index >= 15 is 0 Å². The Labute approximate surface area is 131 Å². The Morgan fingerprint density at radius 2 is 1.82 bits per heavy atom. The van der Waals surface area contributed by atoms with E-state index in [1.807, 2.05) is 0 Å². The van der Waals surface area contributed by atoms with Crippen molar-refractivity contribution in [2.24, 2.45) is 0 Å². The van der Waals surface area contributed by atoms with Gasteiger partial charge in [0.2, 0.25) is 0 Å². The fourth-order valence-electron chi connectivity index (χ4n) is 1.80. The molecule has 1 N–H and O–H groups in total. The number of thiazole rings is 1. The summed E-state index contributed by atoms with van der Waals surface area (Å²) in [5.41, 5.74) is 0.368. The summed E-state index contributed by atoms with van der Waals surface area (Å²) in [6.45, 7) is 0. The Hall–Kier alpha value is -2.12. The van der Waals surface area contributed by atoms with Gasteiger partial charge in [0.25, 0.3) is 5.91 Å². The first-order chi connectivity index (χ1) is 10.5. The summed E-state index contributed by atoms with van der Waals surface area (Å²) in [7, 11) is 0. The lowest BCUT2D eigenvalue weighted by Crippen LogP contribution is -2.12. The minimum absolute atomic E-state index is 0.0598. The molecule has 1 amide bonds. The van der Waals surface area contributed by atoms with Crippen molar-refractivity contribution in [2.45, 2.75) is 0 Å². The molecule has 1 aromatic heterocycles. The zero-order chi connectivity index (χ0) is 15.9. The van der Waals surface area contributed by atoms with Crippen molar-refractivity contribution >= 4 is 44.2 Å². The van der Waals surface area contributed by atoms with Gasteiger partial charge in [-0.25, -0.2) is 18.2 Å². The van der Waals surface area contributed by atoms with E-state index in [-0.39, 0.29) is 15.7 Å². The molecule has 2 aromatic carbocycles. The Bertz CT molecular complexity index is 897. The second-order valence-electron chi connectivity index (χ2n) is 4.31. The Morgan fingerprint density at radius 1 is 1.09 bits per heavy atom. The Morgan fingerprint density at radius 3 is 2.55 bits per heavy atom. The number of aromatic nitrogens is 1. The molecule has 3 rings (SSSR count). The highest BCUT2D eigenvalue weighted by Crippen LogP contribution is 2.33. The molecule has 0 saturated carbocycles. The van der Waals surface area contributed by atoms with E-state index in [4.69, 9.17) is 11.6 Å². The van der Waals surface area contributed by atoms with Crippen LogP contribution in [0.3, 0.4) is 0 Å². The molecule has 0 aliphatic rings. The average Bonchev–Trinajstić information content (AvgIpc) is 2.89. The first-order valence-electron chi connectivity index (χ1n) is 5.96. The van der Waals surface area contributed by atoms with E-state index in [1.165, 1.54) is 12.1 Å². The summed E-state index contributed by atoms with van der Waals surface area (Å²) in [4.78, 5) is 16.1. The number of carbonyl (C=O) groups excluding carboxylic acids is 1. The molecule has 0 fully saturated rings. The van der Waals surface area contributed by atoms with E-state index < -0.39 is 23.4 Å². The normalized spacial score (nSPS) is 10.9. The van der Waals surface area contributed by atoms with Crippen molar-refractivity contribution in [2.75, 3.05) is 5.32 Å². The van der Waals surface area contributed by atoms with E-state index in [1.54, 1.807) is 0 Å². The van der Waals surface area contributed by atoms with Crippen LogP contribution in [0.15, 0.2) is 30.3 Å². The van der Waals surface area contributed by atoms with Crippen molar-refractivity contribution in [3.8, 4) is 0 Å². The maximum Gasteiger partial charge on any atom is 0.257 e. The van der Waals surface area contributed by atoms with E-state index in [0.717, 1.165) is 29.5 Å². The molecule has 0 unspecified atom stereocenters. The minimum Gasteiger partial charge on any atom is -0.298 e. The van der Waals surface area contributed by atoms with Crippen molar-refractivity contribution < 1.29 is 18.0 Å². The third kappa shape index (κ3) is 2.65. The van der Waals surface area contributed by atoms with E-state index in [0.29, 0.717) is 10.2 Å². The summed E-state index contributed by atoms with van der Waals surface area (Å²) in [6, 6.07) is 5.39. The fraction of sp³-hybridized carbons (Fsp3) is 0. The number of amides is 1. The number of hydrogen-bond donors (Lipinski definition) is 1. The van der Waals surface area contributed by atoms with Crippen LogP contribution in [0.25, 0.3) is 10.2 Å². The second-order valence-corrected chi connectivity index (χ2v) is 5.69. The van der Waals surface area contributed by atoms with Crippen molar-refractivity contribution in [3.05, 3.63) is 58.4 Å². The zero-order valence-electron chi connectivity index (χ0n) is 10.7. The van der Waals surface area contributed by atoms with Crippen molar-refractivity contribution in [3.63, 3.8) is 0 Å². The molecule has 0 spiro atoms. The Balaban J connectivity index is 1.90. The van der Waals surface area contributed by atoms with Crippen LogP contribution >= 0.6 is 22.9 Å². The van der Waals surface area contributed by atoms with Crippen LogP contribution in [0.4, 0.5) is 18.3 Å². The van der Waals surface area contributed by atoms with Gasteiger partial charge >= 0.3 is 0 Å². The van der Waals surface area contributed by atoms with Gasteiger partial charge in [-0.15, -0.1) is 0 Å². The van der Waals surface area contributed by atoms with E-state index in [2.05, 4.69) is 10.3 Å². The molecular formula is C14H6ClF3N2OS. The third-order valence-corrected chi connectivity index (χ3v) is 4.34. The highest BCUT2D eigenvalue weighted by atomic mass is 35.5. The lowest BCUT2D eigenvalue weighted by Gasteiger charge is -2.01. The molecule has 112 valence electrons. The van der Waals surface area contributed by atoms with Crippen molar-refractivity contribution in [1.29, 1.82) is 0 Å². The van der Waals surface area contributed by atoms with Crippen LogP contribution < -0.4 is 5.32 Å². The lowest BCUT2D eigenvalue weighted by atomic mass is 10.2. The van der Waals surface area contributed by atoms with Gasteiger partial charge in [-0.1, -0.05) is 22.9 Å². The van der Waals surface area contributed by atoms with Crippen LogP contribution in [0.2, 0.25) is 5.02 Å². The van der Waals surface area contributed by atoms with Gasteiger partial charge in [0, 0.05) is 5.56 Å². The summed E-state index contributed by atoms with van der Waals surface area (Å²) in [5.74, 6) is -3.41. The maximum atomic E-state index is 13.4. The number of fused-ring (bicyclic) bond motifs is 1. The molecule has 0 radical (unpaired) electrons. The maximum absolute atomic E-state index is 13.4. The topological polar surface area (TPSA) is 42.0 Å². The van der Waals surface area contributed by atoms with Crippen LogP contribution in [0.1, 0.15) is 10.4 Å². The van der Waals surface area contributed by atoms with Gasteiger partial charge < -0.3 is 0 Å². The molecule has 0 saturated heterocycles. The number of hydrogen-bond acceptors (Lipinski definition) is 3.